The third-order valence-electron chi connectivity index (χ3n) is 2.48. The second-order valence-corrected chi connectivity index (χ2v) is 3.91. The van der Waals surface area contributed by atoms with Crippen LogP contribution in [-0.4, -0.2) is 26.8 Å². The van der Waals surface area contributed by atoms with Gasteiger partial charge in [0.1, 0.15) is 0 Å². The molecule has 90 valence electrons. The van der Waals surface area contributed by atoms with Crippen molar-refractivity contribution in [2.45, 2.75) is 13.1 Å². The highest BCUT2D eigenvalue weighted by Crippen LogP contribution is 2.15. The van der Waals surface area contributed by atoms with Crippen molar-refractivity contribution in [3.05, 3.63) is 36.0 Å². The molecule has 2 rings (SSSR count). The molecule has 6 nitrogen and oxygen atoms in total. The van der Waals surface area contributed by atoms with Gasteiger partial charge in [-0.3, -0.25) is 9.67 Å². The lowest BCUT2D eigenvalue weighted by molar-refractivity contribution is 0.766. The Morgan fingerprint density at radius 1 is 1.35 bits per heavy atom. The van der Waals surface area contributed by atoms with Crippen LogP contribution in [0.4, 0.5) is 5.82 Å². The molecule has 6 heteroatoms. The first kappa shape index (κ1) is 11.5. The zero-order valence-corrected chi connectivity index (χ0v) is 10.0. The first-order valence-corrected chi connectivity index (χ1v) is 5.39. The second-order valence-electron chi connectivity index (χ2n) is 3.91. The molecule has 0 saturated heterocycles. The van der Waals surface area contributed by atoms with E-state index in [9.17, 15) is 0 Å². The molecule has 0 amide bonds. The molecule has 0 aliphatic rings. The van der Waals surface area contributed by atoms with Crippen molar-refractivity contribution >= 4 is 5.82 Å². The Hall–Kier alpha value is -1.95. The smallest absolute Gasteiger partial charge is 0.151 e. The van der Waals surface area contributed by atoms with E-state index in [4.69, 9.17) is 5.73 Å². The summed E-state index contributed by atoms with van der Waals surface area (Å²) in [4.78, 5) is 10.5. The van der Waals surface area contributed by atoms with Gasteiger partial charge in [0.2, 0.25) is 0 Å². The second kappa shape index (κ2) is 4.92. The van der Waals surface area contributed by atoms with E-state index in [-0.39, 0.29) is 0 Å². The highest BCUT2D eigenvalue weighted by molar-refractivity contribution is 5.42. The van der Waals surface area contributed by atoms with Crippen LogP contribution >= 0.6 is 0 Å². The van der Waals surface area contributed by atoms with Crippen molar-refractivity contribution in [3.63, 3.8) is 0 Å². The SMILES string of the molecule is CN(Cc1cnn(C)c1)c1nccnc1CN. The summed E-state index contributed by atoms with van der Waals surface area (Å²) in [5, 5.41) is 4.14. The van der Waals surface area contributed by atoms with Gasteiger partial charge in [-0.2, -0.15) is 5.10 Å². The Labute approximate surface area is 100 Å². The van der Waals surface area contributed by atoms with E-state index in [1.807, 2.05) is 31.4 Å². The van der Waals surface area contributed by atoms with Crippen LogP contribution in [-0.2, 0) is 20.1 Å². The summed E-state index contributed by atoms with van der Waals surface area (Å²) in [5.41, 5.74) is 7.57. The van der Waals surface area contributed by atoms with Crippen molar-refractivity contribution in [1.29, 1.82) is 0 Å². The van der Waals surface area contributed by atoms with Crippen LogP contribution in [0.3, 0.4) is 0 Å². The molecular weight excluding hydrogens is 216 g/mol. The Balaban J connectivity index is 2.16. The van der Waals surface area contributed by atoms with Crippen LogP contribution in [0.1, 0.15) is 11.3 Å². The number of anilines is 1. The van der Waals surface area contributed by atoms with E-state index in [0.29, 0.717) is 6.54 Å². The van der Waals surface area contributed by atoms with Gasteiger partial charge in [-0.05, 0) is 0 Å². The van der Waals surface area contributed by atoms with E-state index in [1.165, 1.54) is 0 Å². The molecule has 0 bridgehead atoms. The van der Waals surface area contributed by atoms with Gasteiger partial charge in [-0.1, -0.05) is 0 Å². The number of rotatable bonds is 4. The fraction of sp³-hybridized carbons (Fsp3) is 0.364. The first-order chi connectivity index (χ1) is 8.20. The highest BCUT2D eigenvalue weighted by atomic mass is 15.2. The van der Waals surface area contributed by atoms with Gasteiger partial charge in [0.25, 0.3) is 0 Å². The minimum absolute atomic E-state index is 0.389. The number of aryl methyl sites for hydroxylation is 1. The summed E-state index contributed by atoms with van der Waals surface area (Å²) >= 11 is 0. The zero-order valence-electron chi connectivity index (χ0n) is 10.0. The summed E-state index contributed by atoms with van der Waals surface area (Å²) < 4.78 is 1.78. The fourth-order valence-electron chi connectivity index (χ4n) is 1.72. The maximum atomic E-state index is 5.64. The van der Waals surface area contributed by atoms with Gasteiger partial charge in [0.15, 0.2) is 5.82 Å². The largest absolute Gasteiger partial charge is 0.354 e. The lowest BCUT2D eigenvalue weighted by atomic mass is 10.3. The molecule has 0 fully saturated rings. The number of nitrogens with two attached hydrogens (primary N) is 1. The van der Waals surface area contributed by atoms with Gasteiger partial charge >= 0.3 is 0 Å². The highest BCUT2D eigenvalue weighted by Gasteiger charge is 2.09. The molecule has 0 atom stereocenters. The summed E-state index contributed by atoms with van der Waals surface area (Å²) in [6, 6.07) is 0. The van der Waals surface area contributed by atoms with Gasteiger partial charge in [0.05, 0.1) is 11.9 Å². The van der Waals surface area contributed by atoms with Gasteiger partial charge < -0.3 is 10.6 Å². The van der Waals surface area contributed by atoms with Gasteiger partial charge in [-0.15, -0.1) is 0 Å². The van der Waals surface area contributed by atoms with Gasteiger partial charge in [-0.25, -0.2) is 4.98 Å². The third kappa shape index (κ3) is 2.59. The van der Waals surface area contributed by atoms with Crippen LogP contribution in [0.15, 0.2) is 24.8 Å². The zero-order chi connectivity index (χ0) is 12.3. The average Bonchev–Trinajstić information content (AvgIpc) is 2.74. The van der Waals surface area contributed by atoms with E-state index < -0.39 is 0 Å². The molecule has 2 N–H and O–H groups in total. The molecule has 0 aromatic carbocycles. The molecule has 0 aliphatic carbocycles. The standard InChI is InChI=1S/C11H16N6/c1-16(7-9-6-15-17(2)8-9)11-10(5-12)13-3-4-14-11/h3-4,6,8H,5,7,12H2,1-2H3. The molecule has 2 aromatic rings. The first-order valence-electron chi connectivity index (χ1n) is 5.39. The van der Waals surface area contributed by atoms with Crippen LogP contribution in [0.5, 0.6) is 0 Å². The molecule has 17 heavy (non-hydrogen) atoms. The average molecular weight is 232 g/mol. The summed E-state index contributed by atoms with van der Waals surface area (Å²) in [6.07, 6.45) is 7.15. The minimum atomic E-state index is 0.389. The van der Waals surface area contributed by atoms with Gasteiger partial charge in [0, 0.05) is 51.3 Å². The normalized spacial score (nSPS) is 10.5. The Kier molecular flexibility index (Phi) is 3.34. The maximum absolute atomic E-state index is 5.64. The van der Waals surface area contributed by atoms with Crippen molar-refractivity contribution in [1.82, 2.24) is 19.7 Å². The van der Waals surface area contributed by atoms with Crippen molar-refractivity contribution in [3.8, 4) is 0 Å². The van der Waals surface area contributed by atoms with Crippen LogP contribution in [0.2, 0.25) is 0 Å². The lowest BCUT2D eigenvalue weighted by Gasteiger charge is -2.18. The number of hydrogen-bond acceptors (Lipinski definition) is 5. The molecule has 0 unspecified atom stereocenters. The summed E-state index contributed by atoms with van der Waals surface area (Å²) in [6.45, 7) is 1.13. The summed E-state index contributed by atoms with van der Waals surface area (Å²) in [7, 11) is 3.87. The number of nitrogens with zero attached hydrogens (tertiary/aromatic N) is 5. The fourth-order valence-corrected chi connectivity index (χ4v) is 1.72. The van der Waals surface area contributed by atoms with Crippen LogP contribution in [0.25, 0.3) is 0 Å². The number of aromatic nitrogens is 4. The topological polar surface area (TPSA) is 72.9 Å². The quantitative estimate of drug-likeness (QED) is 0.821. The van der Waals surface area contributed by atoms with Crippen LogP contribution < -0.4 is 10.6 Å². The minimum Gasteiger partial charge on any atom is -0.354 e. The molecule has 0 saturated carbocycles. The lowest BCUT2D eigenvalue weighted by Crippen LogP contribution is -2.20. The van der Waals surface area contributed by atoms with E-state index in [0.717, 1.165) is 23.6 Å². The van der Waals surface area contributed by atoms with Crippen molar-refractivity contribution in [2.75, 3.05) is 11.9 Å². The van der Waals surface area contributed by atoms with E-state index in [2.05, 4.69) is 15.1 Å². The molecule has 0 spiro atoms. The van der Waals surface area contributed by atoms with Crippen molar-refractivity contribution < 1.29 is 0 Å². The van der Waals surface area contributed by atoms with Crippen molar-refractivity contribution in [2.24, 2.45) is 12.8 Å². The molecule has 0 radical (unpaired) electrons. The van der Waals surface area contributed by atoms with E-state index >= 15 is 0 Å². The third-order valence-corrected chi connectivity index (χ3v) is 2.48. The van der Waals surface area contributed by atoms with E-state index in [1.54, 1.807) is 17.1 Å². The monoisotopic (exact) mass is 232 g/mol. The Morgan fingerprint density at radius 3 is 2.76 bits per heavy atom. The number of hydrogen-bond donors (Lipinski definition) is 1. The molecule has 2 heterocycles. The maximum Gasteiger partial charge on any atom is 0.151 e. The predicted octanol–water partition coefficient (Wildman–Crippen LogP) is 0.305. The molecular formula is C11H16N6. The Morgan fingerprint density at radius 2 is 2.12 bits per heavy atom. The predicted molar refractivity (Wildman–Crippen MR) is 65.2 cm³/mol. The summed E-state index contributed by atoms with van der Waals surface area (Å²) in [5.74, 6) is 0.818. The van der Waals surface area contributed by atoms with Crippen LogP contribution in [0, 0.1) is 0 Å². The molecule has 0 aliphatic heterocycles. The Bertz CT molecular complexity index is 492. The molecule has 2 aromatic heterocycles.